The molecule has 0 unspecified atom stereocenters. The number of fused-ring (bicyclic) bond motifs is 3. The summed E-state index contributed by atoms with van der Waals surface area (Å²) in [6, 6.07) is 16.0. The van der Waals surface area contributed by atoms with Gasteiger partial charge in [-0.3, -0.25) is 9.59 Å². The van der Waals surface area contributed by atoms with Crippen LogP contribution in [0.25, 0.3) is 11.0 Å². The summed E-state index contributed by atoms with van der Waals surface area (Å²) in [7, 11) is 0. The Hall–Kier alpha value is -3.15. The molecule has 3 aromatic rings. The van der Waals surface area contributed by atoms with E-state index >= 15 is 0 Å². The normalized spacial score (nSPS) is 21.5. The van der Waals surface area contributed by atoms with Gasteiger partial charge in [0.1, 0.15) is 5.54 Å². The lowest BCUT2D eigenvalue weighted by molar-refractivity contribution is -0.133. The van der Waals surface area contributed by atoms with Crippen LogP contribution in [0.1, 0.15) is 54.4 Å². The number of rotatable bonds is 4. The van der Waals surface area contributed by atoms with Gasteiger partial charge >= 0.3 is 0 Å². The summed E-state index contributed by atoms with van der Waals surface area (Å²) < 4.78 is 1.91. The zero-order valence-electron chi connectivity index (χ0n) is 18.1. The highest BCUT2D eigenvalue weighted by Crippen LogP contribution is 2.32. The molecule has 1 aliphatic heterocycles. The molecular weight excluding hydrogens is 388 g/mol. The average molecular weight is 417 g/mol. The van der Waals surface area contributed by atoms with Gasteiger partial charge in [-0.05, 0) is 44.4 Å². The fourth-order valence-electron chi connectivity index (χ4n) is 4.86. The lowest BCUT2D eigenvalue weighted by Gasteiger charge is -2.44. The van der Waals surface area contributed by atoms with E-state index in [0.29, 0.717) is 18.9 Å². The molecule has 1 saturated carbocycles. The SMILES string of the molecule is Cc1ccc(CN2C(=O)c3nc4ccccc4n3C[C@@]2(C)C(=O)NC2CCCC2)cc1. The molecule has 1 aromatic heterocycles. The number of para-hydroxylation sites is 2. The van der Waals surface area contributed by atoms with Crippen molar-refractivity contribution in [3.63, 3.8) is 0 Å². The molecule has 0 saturated heterocycles. The van der Waals surface area contributed by atoms with E-state index in [-0.39, 0.29) is 17.9 Å². The number of amides is 2. The standard InChI is InChI=1S/C25H28N4O2/c1-17-11-13-18(14-12-17)15-29-23(30)22-27-20-9-5-6-10-21(20)28(22)16-25(29,2)24(31)26-19-7-3-4-8-19/h5-6,9-14,19H,3-4,7-8,15-16H2,1-2H3,(H,26,31)/t25-/m0/s1. The molecule has 6 heteroatoms. The van der Waals surface area contributed by atoms with Crippen LogP contribution in [-0.4, -0.2) is 37.8 Å². The van der Waals surface area contributed by atoms with Gasteiger partial charge in [0, 0.05) is 12.6 Å². The van der Waals surface area contributed by atoms with Gasteiger partial charge in [-0.25, -0.2) is 4.98 Å². The number of nitrogens with zero attached hydrogens (tertiary/aromatic N) is 3. The molecular formula is C25H28N4O2. The molecule has 1 aliphatic carbocycles. The lowest BCUT2D eigenvalue weighted by atomic mass is 9.93. The number of aryl methyl sites for hydroxylation is 1. The number of imidazole rings is 1. The van der Waals surface area contributed by atoms with Gasteiger partial charge < -0.3 is 14.8 Å². The van der Waals surface area contributed by atoms with E-state index in [9.17, 15) is 9.59 Å². The molecule has 2 aliphatic rings. The van der Waals surface area contributed by atoms with Crippen molar-refractivity contribution >= 4 is 22.8 Å². The van der Waals surface area contributed by atoms with E-state index < -0.39 is 5.54 Å². The molecule has 2 amide bonds. The van der Waals surface area contributed by atoms with Gasteiger partial charge in [-0.1, -0.05) is 54.8 Å². The molecule has 1 N–H and O–H groups in total. The lowest BCUT2D eigenvalue weighted by Crippen LogP contribution is -2.64. The second-order valence-electron chi connectivity index (χ2n) is 9.12. The molecule has 0 radical (unpaired) electrons. The minimum Gasteiger partial charge on any atom is -0.351 e. The highest BCUT2D eigenvalue weighted by atomic mass is 16.2. The Bertz CT molecular complexity index is 1140. The number of hydrogen-bond acceptors (Lipinski definition) is 3. The Balaban J connectivity index is 1.56. The number of carbonyl (C=O) groups excluding carboxylic acids is 2. The Kier molecular flexibility index (Phi) is 4.80. The van der Waals surface area contributed by atoms with Crippen LogP contribution in [0.3, 0.4) is 0 Å². The first-order valence-electron chi connectivity index (χ1n) is 11.1. The third kappa shape index (κ3) is 3.40. The zero-order valence-corrected chi connectivity index (χ0v) is 18.1. The van der Waals surface area contributed by atoms with Crippen LogP contribution < -0.4 is 5.32 Å². The van der Waals surface area contributed by atoms with E-state index in [4.69, 9.17) is 0 Å². The fourth-order valence-corrected chi connectivity index (χ4v) is 4.86. The number of carbonyl (C=O) groups is 2. The highest BCUT2D eigenvalue weighted by molar-refractivity contribution is 6.01. The largest absolute Gasteiger partial charge is 0.351 e. The minimum atomic E-state index is -0.999. The second kappa shape index (κ2) is 7.52. The summed E-state index contributed by atoms with van der Waals surface area (Å²) in [6.07, 6.45) is 4.30. The number of hydrogen-bond donors (Lipinski definition) is 1. The van der Waals surface area contributed by atoms with Gasteiger partial charge in [0.2, 0.25) is 5.91 Å². The van der Waals surface area contributed by atoms with Crippen molar-refractivity contribution in [1.29, 1.82) is 0 Å². The predicted molar refractivity (Wildman–Crippen MR) is 120 cm³/mol. The second-order valence-corrected chi connectivity index (χ2v) is 9.12. The number of aromatic nitrogens is 2. The molecule has 2 heterocycles. The maximum atomic E-state index is 13.7. The minimum absolute atomic E-state index is 0.0803. The molecule has 1 fully saturated rings. The average Bonchev–Trinajstić information content (AvgIpc) is 3.40. The third-order valence-electron chi connectivity index (χ3n) is 6.79. The maximum absolute atomic E-state index is 13.7. The highest BCUT2D eigenvalue weighted by Gasteiger charge is 2.48. The summed E-state index contributed by atoms with van der Waals surface area (Å²) in [5.74, 6) is 0.120. The van der Waals surface area contributed by atoms with Crippen LogP contribution in [0.5, 0.6) is 0 Å². The van der Waals surface area contributed by atoms with Gasteiger partial charge in [0.05, 0.1) is 17.6 Å². The summed E-state index contributed by atoms with van der Waals surface area (Å²) in [5, 5.41) is 3.24. The Labute approximate surface area is 182 Å². The third-order valence-corrected chi connectivity index (χ3v) is 6.79. The summed E-state index contributed by atoms with van der Waals surface area (Å²) in [6.45, 7) is 4.69. The molecule has 6 nitrogen and oxygen atoms in total. The smallest absolute Gasteiger partial charge is 0.291 e. The quantitative estimate of drug-likeness (QED) is 0.703. The molecule has 160 valence electrons. The Morgan fingerprint density at radius 1 is 1.13 bits per heavy atom. The van der Waals surface area contributed by atoms with Crippen molar-refractivity contribution < 1.29 is 9.59 Å². The van der Waals surface area contributed by atoms with E-state index in [2.05, 4.69) is 10.3 Å². The van der Waals surface area contributed by atoms with Gasteiger partial charge in [0.25, 0.3) is 5.91 Å². The topological polar surface area (TPSA) is 67.2 Å². The molecule has 5 rings (SSSR count). The summed E-state index contributed by atoms with van der Waals surface area (Å²) in [5.41, 5.74) is 2.84. The summed E-state index contributed by atoms with van der Waals surface area (Å²) in [4.78, 5) is 33.6. The van der Waals surface area contributed by atoms with Crippen molar-refractivity contribution in [2.75, 3.05) is 0 Å². The van der Waals surface area contributed by atoms with E-state index in [0.717, 1.165) is 47.8 Å². The van der Waals surface area contributed by atoms with Crippen LogP contribution >= 0.6 is 0 Å². The van der Waals surface area contributed by atoms with Crippen molar-refractivity contribution in [1.82, 2.24) is 19.8 Å². The van der Waals surface area contributed by atoms with Crippen LogP contribution in [0.15, 0.2) is 48.5 Å². The van der Waals surface area contributed by atoms with E-state index in [1.54, 1.807) is 4.90 Å². The van der Waals surface area contributed by atoms with Crippen LogP contribution in [-0.2, 0) is 17.9 Å². The maximum Gasteiger partial charge on any atom is 0.291 e. The molecule has 0 bridgehead atoms. The van der Waals surface area contributed by atoms with Crippen LogP contribution in [0.4, 0.5) is 0 Å². The van der Waals surface area contributed by atoms with Crippen molar-refractivity contribution in [2.45, 2.75) is 64.2 Å². The van der Waals surface area contributed by atoms with E-state index in [1.165, 1.54) is 0 Å². The molecule has 2 aromatic carbocycles. The molecule has 0 spiro atoms. The van der Waals surface area contributed by atoms with Crippen molar-refractivity contribution in [2.24, 2.45) is 0 Å². The number of nitrogens with one attached hydrogen (secondary N) is 1. The predicted octanol–water partition coefficient (Wildman–Crippen LogP) is 3.82. The first-order chi connectivity index (χ1) is 15.0. The van der Waals surface area contributed by atoms with Crippen molar-refractivity contribution in [3.05, 3.63) is 65.5 Å². The Morgan fingerprint density at radius 2 is 1.84 bits per heavy atom. The first-order valence-corrected chi connectivity index (χ1v) is 11.1. The fraction of sp³-hybridized carbons (Fsp3) is 0.400. The van der Waals surface area contributed by atoms with Crippen molar-refractivity contribution in [3.8, 4) is 0 Å². The molecule has 31 heavy (non-hydrogen) atoms. The number of benzene rings is 2. The van der Waals surface area contributed by atoms with Gasteiger partial charge in [0.15, 0.2) is 5.82 Å². The monoisotopic (exact) mass is 416 g/mol. The first kappa shape index (κ1) is 19.8. The van der Waals surface area contributed by atoms with Crippen LogP contribution in [0, 0.1) is 6.92 Å². The van der Waals surface area contributed by atoms with Crippen LogP contribution in [0.2, 0.25) is 0 Å². The van der Waals surface area contributed by atoms with Gasteiger partial charge in [-0.15, -0.1) is 0 Å². The Morgan fingerprint density at radius 3 is 2.58 bits per heavy atom. The summed E-state index contributed by atoms with van der Waals surface area (Å²) >= 11 is 0. The van der Waals surface area contributed by atoms with E-state index in [1.807, 2.05) is 66.9 Å². The zero-order chi connectivity index (χ0) is 21.6. The van der Waals surface area contributed by atoms with Gasteiger partial charge in [-0.2, -0.15) is 0 Å². The molecule has 1 atom stereocenters.